The number of hydrogen-bond donors (Lipinski definition) is 1. The Labute approximate surface area is 103 Å². The Hall–Kier alpha value is -0.380. The minimum absolute atomic E-state index is 0.619. The van der Waals surface area contributed by atoms with Gasteiger partial charge in [0.1, 0.15) is 0 Å². The van der Waals surface area contributed by atoms with Crippen LogP contribution in [0.25, 0.3) is 0 Å². The third-order valence-corrected chi connectivity index (χ3v) is 3.87. The van der Waals surface area contributed by atoms with E-state index in [1.54, 1.807) is 11.3 Å². The summed E-state index contributed by atoms with van der Waals surface area (Å²) < 4.78 is 0. The lowest BCUT2D eigenvalue weighted by Crippen LogP contribution is -2.44. The molecular formula is C13H22N2S. The Balaban J connectivity index is 1.73. The van der Waals surface area contributed by atoms with Gasteiger partial charge in [-0.1, -0.05) is 13.8 Å². The average Bonchev–Trinajstić information content (AvgIpc) is 2.73. The van der Waals surface area contributed by atoms with E-state index >= 15 is 0 Å². The maximum atomic E-state index is 3.64. The summed E-state index contributed by atoms with van der Waals surface area (Å²) in [6, 6.07) is 3.59. The third kappa shape index (κ3) is 3.58. The van der Waals surface area contributed by atoms with Crippen molar-refractivity contribution in [1.29, 1.82) is 0 Å². The fourth-order valence-electron chi connectivity index (χ4n) is 2.37. The molecule has 1 aliphatic rings. The fourth-order valence-corrected chi connectivity index (χ4v) is 3.03. The van der Waals surface area contributed by atoms with Crippen LogP contribution in [-0.2, 0) is 6.54 Å². The van der Waals surface area contributed by atoms with E-state index in [0.717, 1.165) is 12.6 Å². The van der Waals surface area contributed by atoms with Crippen LogP contribution < -0.4 is 5.32 Å². The normalized spacial score (nSPS) is 19.4. The fraction of sp³-hybridized carbons (Fsp3) is 0.692. The number of likely N-dealkylation sites (tertiary alicyclic amines) is 1. The highest BCUT2D eigenvalue weighted by atomic mass is 32.1. The van der Waals surface area contributed by atoms with Crippen molar-refractivity contribution in [3.05, 3.63) is 22.4 Å². The summed E-state index contributed by atoms with van der Waals surface area (Å²) in [6.45, 7) is 8.08. The van der Waals surface area contributed by atoms with Gasteiger partial charge in [-0.3, -0.25) is 4.90 Å². The second-order valence-electron chi connectivity index (χ2n) is 5.00. The zero-order valence-corrected chi connectivity index (χ0v) is 11.1. The lowest BCUT2D eigenvalue weighted by molar-refractivity contribution is 0.186. The number of piperidine rings is 1. The third-order valence-electron chi connectivity index (χ3n) is 3.14. The van der Waals surface area contributed by atoms with E-state index in [1.807, 2.05) is 0 Å². The van der Waals surface area contributed by atoms with E-state index in [1.165, 1.54) is 31.5 Å². The van der Waals surface area contributed by atoms with Gasteiger partial charge in [0.25, 0.3) is 0 Å². The summed E-state index contributed by atoms with van der Waals surface area (Å²) in [6.07, 6.45) is 2.59. The van der Waals surface area contributed by atoms with Crippen molar-refractivity contribution in [2.75, 3.05) is 13.1 Å². The van der Waals surface area contributed by atoms with Gasteiger partial charge in [0.15, 0.2) is 0 Å². The van der Waals surface area contributed by atoms with Gasteiger partial charge in [0.2, 0.25) is 0 Å². The molecule has 0 spiro atoms. The molecule has 0 aromatic carbocycles. The number of hydrogen-bond acceptors (Lipinski definition) is 3. The summed E-state index contributed by atoms with van der Waals surface area (Å²) in [5.74, 6) is 0. The molecule has 1 fully saturated rings. The van der Waals surface area contributed by atoms with Gasteiger partial charge >= 0.3 is 0 Å². The lowest BCUT2D eigenvalue weighted by Gasteiger charge is -2.33. The average molecular weight is 238 g/mol. The highest BCUT2D eigenvalue weighted by molar-refractivity contribution is 7.07. The molecule has 0 bridgehead atoms. The first-order valence-electron chi connectivity index (χ1n) is 6.23. The maximum absolute atomic E-state index is 3.64. The van der Waals surface area contributed by atoms with Crippen LogP contribution >= 0.6 is 11.3 Å². The summed E-state index contributed by atoms with van der Waals surface area (Å²) in [7, 11) is 0. The molecule has 0 unspecified atom stereocenters. The summed E-state index contributed by atoms with van der Waals surface area (Å²) >= 11 is 1.80. The number of nitrogens with one attached hydrogen (secondary N) is 1. The molecule has 2 rings (SSSR count). The van der Waals surface area contributed by atoms with Gasteiger partial charge < -0.3 is 5.32 Å². The topological polar surface area (TPSA) is 15.3 Å². The molecule has 16 heavy (non-hydrogen) atoms. The molecule has 2 nitrogen and oxygen atoms in total. The second-order valence-corrected chi connectivity index (χ2v) is 5.78. The molecule has 1 N–H and O–H groups in total. The standard InChI is InChI=1S/C13H22N2S/c1-11(2)14-13-3-6-15(7-4-13)9-12-5-8-16-10-12/h5,8,10-11,13-14H,3-4,6-7,9H2,1-2H3. The van der Waals surface area contributed by atoms with E-state index < -0.39 is 0 Å². The van der Waals surface area contributed by atoms with Gasteiger partial charge in [-0.15, -0.1) is 0 Å². The SMILES string of the molecule is CC(C)NC1CCN(Cc2ccsc2)CC1. The summed E-state index contributed by atoms with van der Waals surface area (Å²) in [5.41, 5.74) is 1.47. The van der Waals surface area contributed by atoms with Crippen LogP contribution in [0.2, 0.25) is 0 Å². The summed E-state index contributed by atoms with van der Waals surface area (Å²) in [5, 5.41) is 8.07. The molecule has 2 heterocycles. The predicted octanol–water partition coefficient (Wildman–Crippen LogP) is 2.71. The van der Waals surface area contributed by atoms with Crippen LogP contribution in [0.3, 0.4) is 0 Å². The Morgan fingerprint density at radius 3 is 2.75 bits per heavy atom. The molecular weight excluding hydrogens is 216 g/mol. The smallest absolute Gasteiger partial charge is 0.0242 e. The predicted molar refractivity (Wildman–Crippen MR) is 70.9 cm³/mol. The molecule has 3 heteroatoms. The molecule has 0 radical (unpaired) electrons. The van der Waals surface area contributed by atoms with E-state index in [9.17, 15) is 0 Å². The van der Waals surface area contributed by atoms with Crippen LogP contribution in [0.4, 0.5) is 0 Å². The van der Waals surface area contributed by atoms with Crippen molar-refractivity contribution in [3.63, 3.8) is 0 Å². The van der Waals surface area contributed by atoms with Crippen LogP contribution in [0.1, 0.15) is 32.3 Å². The molecule has 1 aliphatic heterocycles. The lowest BCUT2D eigenvalue weighted by atomic mass is 10.0. The van der Waals surface area contributed by atoms with Crippen molar-refractivity contribution < 1.29 is 0 Å². The molecule has 90 valence electrons. The van der Waals surface area contributed by atoms with Gasteiger partial charge in [-0.2, -0.15) is 11.3 Å². The monoisotopic (exact) mass is 238 g/mol. The van der Waals surface area contributed by atoms with E-state index in [-0.39, 0.29) is 0 Å². The Morgan fingerprint density at radius 1 is 1.44 bits per heavy atom. The maximum Gasteiger partial charge on any atom is 0.0242 e. The summed E-state index contributed by atoms with van der Waals surface area (Å²) in [4.78, 5) is 2.57. The Morgan fingerprint density at radius 2 is 2.19 bits per heavy atom. The zero-order chi connectivity index (χ0) is 11.4. The van der Waals surface area contributed by atoms with E-state index in [4.69, 9.17) is 0 Å². The van der Waals surface area contributed by atoms with Crippen LogP contribution in [-0.4, -0.2) is 30.1 Å². The van der Waals surface area contributed by atoms with Gasteiger partial charge in [-0.05, 0) is 48.3 Å². The molecule has 0 atom stereocenters. The van der Waals surface area contributed by atoms with Crippen molar-refractivity contribution in [1.82, 2.24) is 10.2 Å². The van der Waals surface area contributed by atoms with Crippen molar-refractivity contribution in [2.45, 2.75) is 45.3 Å². The molecule has 1 aromatic rings. The second kappa shape index (κ2) is 5.80. The molecule has 1 saturated heterocycles. The number of rotatable bonds is 4. The Kier molecular flexibility index (Phi) is 4.38. The van der Waals surface area contributed by atoms with E-state index in [2.05, 4.69) is 40.9 Å². The first-order valence-corrected chi connectivity index (χ1v) is 7.18. The highest BCUT2D eigenvalue weighted by Crippen LogP contribution is 2.15. The molecule has 1 aromatic heterocycles. The number of thiophene rings is 1. The van der Waals surface area contributed by atoms with Gasteiger partial charge in [0.05, 0.1) is 0 Å². The van der Waals surface area contributed by atoms with Crippen molar-refractivity contribution >= 4 is 11.3 Å². The van der Waals surface area contributed by atoms with Gasteiger partial charge in [0, 0.05) is 18.6 Å². The minimum Gasteiger partial charge on any atom is -0.312 e. The van der Waals surface area contributed by atoms with Crippen molar-refractivity contribution in [2.24, 2.45) is 0 Å². The Bertz CT molecular complexity index is 287. The van der Waals surface area contributed by atoms with Crippen LogP contribution in [0.15, 0.2) is 16.8 Å². The number of nitrogens with zero attached hydrogens (tertiary/aromatic N) is 1. The van der Waals surface area contributed by atoms with Crippen LogP contribution in [0, 0.1) is 0 Å². The van der Waals surface area contributed by atoms with Gasteiger partial charge in [-0.25, -0.2) is 0 Å². The van der Waals surface area contributed by atoms with Crippen LogP contribution in [0.5, 0.6) is 0 Å². The minimum atomic E-state index is 0.619. The van der Waals surface area contributed by atoms with Crippen molar-refractivity contribution in [3.8, 4) is 0 Å². The molecule has 0 aliphatic carbocycles. The molecule has 0 saturated carbocycles. The molecule has 0 amide bonds. The largest absolute Gasteiger partial charge is 0.312 e. The first-order chi connectivity index (χ1) is 7.74. The first kappa shape index (κ1) is 12.1. The quantitative estimate of drug-likeness (QED) is 0.867. The van der Waals surface area contributed by atoms with E-state index in [0.29, 0.717) is 6.04 Å². The zero-order valence-electron chi connectivity index (χ0n) is 10.3. The highest BCUT2D eigenvalue weighted by Gasteiger charge is 2.19.